The Morgan fingerprint density at radius 1 is 0.971 bits per heavy atom. The van der Waals surface area contributed by atoms with Gasteiger partial charge in [0.05, 0.1) is 0 Å². The first kappa shape index (κ1) is 25.3. The lowest BCUT2D eigenvalue weighted by atomic mass is 9.86. The number of hydrogen-bond donors (Lipinski definition) is 3. The van der Waals surface area contributed by atoms with Crippen molar-refractivity contribution < 1.29 is 24.2 Å². The van der Waals surface area contributed by atoms with Gasteiger partial charge in [-0.15, -0.1) is 0 Å². The van der Waals surface area contributed by atoms with Gasteiger partial charge in [0.15, 0.2) is 0 Å². The van der Waals surface area contributed by atoms with Crippen LogP contribution in [-0.4, -0.2) is 41.8 Å². The van der Waals surface area contributed by atoms with E-state index in [1.807, 2.05) is 31.2 Å². The molecule has 0 fully saturated rings. The molecule has 2 atom stereocenters. The van der Waals surface area contributed by atoms with E-state index in [1.54, 1.807) is 20.8 Å². The van der Waals surface area contributed by atoms with Gasteiger partial charge in [-0.05, 0) is 34.1 Å². The summed E-state index contributed by atoms with van der Waals surface area (Å²) in [4.78, 5) is 36.7. The van der Waals surface area contributed by atoms with E-state index in [0.29, 0.717) is 6.42 Å². The maximum Gasteiger partial charge on any atom is 0.407 e. The normalized spacial score (nSPS) is 14.5. The van der Waals surface area contributed by atoms with Gasteiger partial charge in [0.1, 0.15) is 12.6 Å². The zero-order valence-corrected chi connectivity index (χ0v) is 20.3. The fraction of sp³-hybridized carbons (Fsp3) is 0.444. The number of carboxylic acid groups (broad SMARTS) is 1. The molecule has 3 rings (SSSR count). The zero-order chi connectivity index (χ0) is 24.9. The first-order valence-electron chi connectivity index (χ1n) is 11.8. The van der Waals surface area contributed by atoms with Gasteiger partial charge < -0.3 is 20.5 Å². The molecule has 0 bridgehead atoms. The van der Waals surface area contributed by atoms with E-state index in [9.17, 15) is 19.5 Å². The molecule has 0 saturated carbocycles. The Bertz CT molecular complexity index is 998. The number of alkyl carbamates (subject to hydrolysis) is 1. The highest BCUT2D eigenvalue weighted by Crippen LogP contribution is 2.44. The standard InChI is InChI=1S/C27H34N2O5/c1-5-10-17(15-23(30)29-24(25(31)32)27(2,3)4)28-26(33)34-16-22-20-13-8-6-11-18(20)19-12-7-9-14-21(19)22/h6-9,11-14,17,22,24H,5,10,15-16H2,1-4H3,(H,28,33)(H,29,30)(H,31,32)/t17?,24-/m1/s1. The van der Waals surface area contributed by atoms with Crippen LogP contribution in [0.2, 0.25) is 0 Å². The largest absolute Gasteiger partial charge is 0.480 e. The molecule has 7 nitrogen and oxygen atoms in total. The number of aliphatic carboxylic acids is 1. The number of amides is 2. The summed E-state index contributed by atoms with van der Waals surface area (Å²) in [5.74, 6) is -1.55. The zero-order valence-electron chi connectivity index (χ0n) is 20.3. The minimum absolute atomic E-state index is 0.0160. The quantitative estimate of drug-likeness (QED) is 0.497. The van der Waals surface area contributed by atoms with E-state index in [-0.39, 0.29) is 18.9 Å². The monoisotopic (exact) mass is 466 g/mol. The molecule has 0 radical (unpaired) electrons. The minimum atomic E-state index is -1.09. The van der Waals surface area contributed by atoms with Crippen LogP contribution in [0.1, 0.15) is 64.0 Å². The van der Waals surface area contributed by atoms with Gasteiger partial charge in [0.2, 0.25) is 5.91 Å². The van der Waals surface area contributed by atoms with Crippen molar-refractivity contribution in [1.82, 2.24) is 10.6 Å². The molecule has 0 spiro atoms. The highest BCUT2D eigenvalue weighted by Gasteiger charge is 2.33. The second-order valence-corrected chi connectivity index (χ2v) is 9.86. The molecule has 3 N–H and O–H groups in total. The number of carboxylic acids is 1. The number of rotatable bonds is 9. The fourth-order valence-electron chi connectivity index (χ4n) is 4.47. The average molecular weight is 467 g/mol. The number of carbonyl (C=O) groups excluding carboxylic acids is 2. The number of fused-ring (bicyclic) bond motifs is 3. The van der Waals surface area contributed by atoms with Gasteiger partial charge in [0.25, 0.3) is 0 Å². The number of ether oxygens (including phenoxy) is 1. The Labute approximate surface area is 200 Å². The highest BCUT2D eigenvalue weighted by atomic mass is 16.5. The lowest BCUT2D eigenvalue weighted by molar-refractivity contribution is -0.145. The van der Waals surface area contributed by atoms with Crippen LogP contribution in [-0.2, 0) is 14.3 Å². The Morgan fingerprint density at radius 3 is 2.03 bits per heavy atom. The summed E-state index contributed by atoms with van der Waals surface area (Å²) in [6.45, 7) is 7.41. The van der Waals surface area contributed by atoms with Crippen LogP contribution < -0.4 is 10.6 Å². The molecule has 1 aliphatic carbocycles. The van der Waals surface area contributed by atoms with Crippen molar-refractivity contribution in [2.75, 3.05) is 6.61 Å². The van der Waals surface area contributed by atoms with Gasteiger partial charge in [-0.25, -0.2) is 9.59 Å². The fourth-order valence-corrected chi connectivity index (χ4v) is 4.47. The predicted molar refractivity (Wildman–Crippen MR) is 131 cm³/mol. The number of hydrogen-bond acceptors (Lipinski definition) is 4. The Kier molecular flexibility index (Phi) is 7.97. The van der Waals surface area contributed by atoms with E-state index in [1.165, 1.54) is 0 Å². The number of benzene rings is 2. The molecule has 7 heteroatoms. The smallest absolute Gasteiger partial charge is 0.407 e. The maximum absolute atomic E-state index is 12.6. The Balaban J connectivity index is 1.60. The van der Waals surface area contributed by atoms with Crippen molar-refractivity contribution in [2.45, 2.75) is 65.0 Å². The summed E-state index contributed by atoms with van der Waals surface area (Å²) in [6, 6.07) is 14.8. The molecule has 1 unspecified atom stereocenters. The van der Waals surface area contributed by atoms with Crippen LogP contribution in [0.5, 0.6) is 0 Å². The van der Waals surface area contributed by atoms with Crippen molar-refractivity contribution in [2.24, 2.45) is 5.41 Å². The number of carbonyl (C=O) groups is 3. The molecule has 0 heterocycles. The Hall–Kier alpha value is -3.35. The first-order chi connectivity index (χ1) is 16.1. The molecule has 182 valence electrons. The van der Waals surface area contributed by atoms with E-state index < -0.39 is 35.5 Å². The summed E-state index contributed by atoms with van der Waals surface area (Å²) in [7, 11) is 0. The van der Waals surface area contributed by atoms with Crippen molar-refractivity contribution in [3.05, 3.63) is 59.7 Å². The number of nitrogens with one attached hydrogen (secondary N) is 2. The van der Waals surface area contributed by atoms with Gasteiger partial charge in [-0.2, -0.15) is 0 Å². The van der Waals surface area contributed by atoms with Gasteiger partial charge in [-0.1, -0.05) is 82.6 Å². The molecular formula is C27H34N2O5. The van der Waals surface area contributed by atoms with Crippen LogP contribution in [0.15, 0.2) is 48.5 Å². The molecule has 0 saturated heterocycles. The van der Waals surface area contributed by atoms with E-state index in [0.717, 1.165) is 28.7 Å². The van der Waals surface area contributed by atoms with E-state index in [2.05, 4.69) is 34.9 Å². The average Bonchev–Trinajstić information content (AvgIpc) is 3.09. The van der Waals surface area contributed by atoms with E-state index in [4.69, 9.17) is 4.74 Å². The molecule has 34 heavy (non-hydrogen) atoms. The second-order valence-electron chi connectivity index (χ2n) is 9.86. The molecular weight excluding hydrogens is 432 g/mol. The van der Waals surface area contributed by atoms with Crippen LogP contribution in [0.25, 0.3) is 11.1 Å². The highest BCUT2D eigenvalue weighted by molar-refractivity contribution is 5.85. The molecule has 0 aliphatic heterocycles. The van der Waals surface area contributed by atoms with Crippen LogP contribution >= 0.6 is 0 Å². The first-order valence-corrected chi connectivity index (χ1v) is 11.8. The van der Waals surface area contributed by atoms with Crippen LogP contribution in [0.4, 0.5) is 4.79 Å². The van der Waals surface area contributed by atoms with Crippen molar-refractivity contribution in [1.29, 1.82) is 0 Å². The summed E-state index contributed by atoms with van der Waals surface area (Å²) >= 11 is 0. The van der Waals surface area contributed by atoms with Gasteiger partial charge in [0, 0.05) is 18.4 Å². The third-order valence-electron chi connectivity index (χ3n) is 6.15. The van der Waals surface area contributed by atoms with Gasteiger partial charge in [-0.3, -0.25) is 4.79 Å². The molecule has 1 aliphatic rings. The SMILES string of the molecule is CCCC(CC(=O)N[C@H](C(=O)O)C(C)(C)C)NC(=O)OCC1c2ccccc2-c2ccccc21. The van der Waals surface area contributed by atoms with Crippen molar-refractivity contribution in [3.63, 3.8) is 0 Å². The summed E-state index contributed by atoms with van der Waals surface area (Å²) in [5.41, 5.74) is 3.92. The summed E-state index contributed by atoms with van der Waals surface area (Å²) in [5, 5.41) is 14.8. The van der Waals surface area contributed by atoms with Crippen LogP contribution in [0, 0.1) is 5.41 Å². The van der Waals surface area contributed by atoms with Crippen LogP contribution in [0.3, 0.4) is 0 Å². The lowest BCUT2D eigenvalue weighted by Crippen LogP contribution is -2.50. The molecule has 2 amide bonds. The minimum Gasteiger partial charge on any atom is -0.480 e. The molecule has 0 aromatic heterocycles. The Morgan fingerprint density at radius 2 is 1.53 bits per heavy atom. The third kappa shape index (κ3) is 5.95. The van der Waals surface area contributed by atoms with E-state index >= 15 is 0 Å². The molecule has 2 aromatic carbocycles. The molecule has 2 aromatic rings. The lowest BCUT2D eigenvalue weighted by Gasteiger charge is -2.28. The van der Waals surface area contributed by atoms with Gasteiger partial charge >= 0.3 is 12.1 Å². The van der Waals surface area contributed by atoms with Crippen molar-refractivity contribution in [3.8, 4) is 11.1 Å². The third-order valence-corrected chi connectivity index (χ3v) is 6.15. The summed E-state index contributed by atoms with van der Waals surface area (Å²) < 4.78 is 5.60. The second kappa shape index (κ2) is 10.7. The maximum atomic E-state index is 12.6. The predicted octanol–water partition coefficient (Wildman–Crippen LogP) is 4.70. The summed E-state index contributed by atoms with van der Waals surface area (Å²) in [6.07, 6.45) is 0.727. The van der Waals surface area contributed by atoms with Crippen molar-refractivity contribution >= 4 is 18.0 Å². The topological polar surface area (TPSA) is 105 Å².